The van der Waals surface area contributed by atoms with Crippen LogP contribution in [0.1, 0.15) is 47.9 Å². The maximum Gasteiger partial charge on any atom is 0.158 e. The van der Waals surface area contributed by atoms with Crippen molar-refractivity contribution in [1.29, 1.82) is 0 Å². The van der Waals surface area contributed by atoms with Gasteiger partial charge in [0.05, 0.1) is 16.8 Å². The molecule has 52 heavy (non-hydrogen) atoms. The van der Waals surface area contributed by atoms with Crippen LogP contribution in [-0.2, 0) is 10.2 Å². The number of carbonyl (C=O) groups excluding carboxylic acids is 1. The lowest BCUT2D eigenvalue weighted by atomic mass is 9.83. The lowest BCUT2D eigenvalue weighted by molar-refractivity contribution is -0.111. The number of carbonyl (C=O) groups is 1. The smallest absolute Gasteiger partial charge is 0.158 e. The molecule has 0 radical (unpaired) electrons. The van der Waals surface area contributed by atoms with E-state index in [4.69, 9.17) is 4.98 Å². The molecule has 248 valence electrons. The summed E-state index contributed by atoms with van der Waals surface area (Å²) in [5, 5.41) is 6.25. The number of aromatic nitrogens is 1. The molecule has 0 amide bonds. The quantitative estimate of drug-likeness (QED) is 0.181. The highest BCUT2D eigenvalue weighted by Gasteiger charge is 2.67. The van der Waals surface area contributed by atoms with Crippen molar-refractivity contribution in [2.45, 2.75) is 31.1 Å². The highest BCUT2D eigenvalue weighted by Crippen LogP contribution is 2.61. The molecule has 6 aromatic carbocycles. The fourth-order valence-electron chi connectivity index (χ4n) is 8.75. The lowest BCUT2D eigenvalue weighted by Crippen LogP contribution is -2.28. The molecule has 2 aliphatic rings. The molecule has 1 saturated carbocycles. The zero-order valence-corrected chi connectivity index (χ0v) is 29.7. The Morgan fingerprint density at radius 2 is 1.46 bits per heavy atom. The first-order chi connectivity index (χ1) is 25.6. The Balaban J connectivity index is 1.08. The van der Waals surface area contributed by atoms with Gasteiger partial charge in [0.1, 0.15) is 0 Å². The van der Waals surface area contributed by atoms with Crippen molar-refractivity contribution < 1.29 is 4.79 Å². The van der Waals surface area contributed by atoms with Crippen LogP contribution in [0.5, 0.6) is 0 Å². The second kappa shape index (κ2) is 12.1. The van der Waals surface area contributed by atoms with Gasteiger partial charge in [-0.2, -0.15) is 0 Å². The highest BCUT2D eigenvalue weighted by atomic mass is 32.1. The predicted molar refractivity (Wildman–Crippen MR) is 218 cm³/mol. The van der Waals surface area contributed by atoms with Gasteiger partial charge in [-0.3, -0.25) is 9.78 Å². The first-order valence-corrected chi connectivity index (χ1v) is 18.9. The minimum atomic E-state index is -0.667. The van der Waals surface area contributed by atoms with Crippen molar-refractivity contribution in [2.75, 3.05) is 0 Å². The summed E-state index contributed by atoms with van der Waals surface area (Å²) in [6, 6.07) is 51.6. The number of hydrogen-bond acceptors (Lipinski definition) is 3. The van der Waals surface area contributed by atoms with E-state index in [2.05, 4.69) is 122 Å². The number of allylic oxidation sites excluding steroid dienone is 2. The van der Waals surface area contributed by atoms with E-state index >= 15 is 0 Å². The molecule has 0 spiro atoms. The number of pyridine rings is 1. The van der Waals surface area contributed by atoms with Gasteiger partial charge in [0.2, 0.25) is 0 Å². The number of nitrogens with zero attached hydrogens (tertiary/aromatic N) is 1. The normalized spacial score (nSPS) is 19.3. The number of hydrogen-bond donors (Lipinski definition) is 0. The second-order valence-electron chi connectivity index (χ2n) is 14.2. The minimum Gasteiger partial charge on any atom is -0.298 e. The zero-order chi connectivity index (χ0) is 34.8. The van der Waals surface area contributed by atoms with E-state index in [0.29, 0.717) is 0 Å². The molecule has 2 aliphatic carbocycles. The summed E-state index contributed by atoms with van der Waals surface area (Å²) in [6.45, 7) is 2.26. The second-order valence-corrected chi connectivity index (χ2v) is 15.3. The van der Waals surface area contributed by atoms with Gasteiger partial charge < -0.3 is 0 Å². The van der Waals surface area contributed by atoms with Gasteiger partial charge in [-0.15, -0.1) is 11.3 Å². The van der Waals surface area contributed by atoms with Crippen LogP contribution in [-0.4, -0.2) is 10.8 Å². The van der Waals surface area contributed by atoms with Crippen molar-refractivity contribution in [2.24, 2.45) is 0 Å². The molecule has 0 N–H and O–H groups in total. The third-order valence-electron chi connectivity index (χ3n) is 11.3. The van der Waals surface area contributed by atoms with Crippen LogP contribution in [0.2, 0.25) is 0 Å². The Bertz CT molecular complexity index is 2840. The summed E-state index contributed by atoms with van der Waals surface area (Å²) in [5.41, 5.74) is 9.94. The van der Waals surface area contributed by atoms with Crippen LogP contribution in [0.3, 0.4) is 0 Å². The lowest BCUT2D eigenvalue weighted by Gasteiger charge is -2.17. The molecule has 3 heteroatoms. The van der Waals surface area contributed by atoms with E-state index in [0.717, 1.165) is 40.6 Å². The van der Waals surface area contributed by atoms with E-state index in [1.807, 2.05) is 60.0 Å². The molecule has 0 bridgehead atoms. The Labute approximate surface area is 306 Å². The van der Waals surface area contributed by atoms with Gasteiger partial charge in [-0.05, 0) is 88.2 Å². The number of Topliss-reactive ketones (excluding diaryl/α,β-unsaturated/α-hetero) is 1. The predicted octanol–water partition coefficient (Wildman–Crippen LogP) is 10.8. The van der Waals surface area contributed by atoms with Gasteiger partial charge in [0, 0.05) is 37.0 Å². The van der Waals surface area contributed by atoms with Crippen LogP contribution in [0, 0.1) is 0 Å². The summed E-state index contributed by atoms with van der Waals surface area (Å²) in [7, 11) is 0. The fraction of sp³-hybridized carbons (Fsp3) is 0.102. The molecule has 0 saturated heterocycles. The maximum absolute atomic E-state index is 14.1. The molecule has 10 rings (SSSR count). The summed E-state index contributed by atoms with van der Waals surface area (Å²) in [6.07, 6.45) is 8.44. The minimum absolute atomic E-state index is 0.232. The molecule has 1 atom stereocenters. The van der Waals surface area contributed by atoms with Gasteiger partial charge in [0.25, 0.3) is 0 Å². The average Bonchev–Trinajstić information content (AvgIpc) is 3.65. The molecule has 2 heterocycles. The van der Waals surface area contributed by atoms with Gasteiger partial charge in [0.15, 0.2) is 5.78 Å². The Kier molecular flexibility index (Phi) is 7.19. The van der Waals surface area contributed by atoms with Crippen molar-refractivity contribution in [1.82, 2.24) is 4.98 Å². The third kappa shape index (κ3) is 4.77. The van der Waals surface area contributed by atoms with Crippen molar-refractivity contribution in [3.63, 3.8) is 0 Å². The van der Waals surface area contributed by atoms with E-state index in [9.17, 15) is 4.79 Å². The van der Waals surface area contributed by atoms with Crippen molar-refractivity contribution in [3.8, 4) is 11.1 Å². The van der Waals surface area contributed by atoms with Crippen LogP contribution in [0.15, 0.2) is 158 Å². The topological polar surface area (TPSA) is 30.0 Å². The number of benzene rings is 6. The fourth-order valence-corrected chi connectivity index (χ4v) is 9.87. The van der Waals surface area contributed by atoms with Crippen LogP contribution >= 0.6 is 11.3 Å². The third-order valence-corrected chi connectivity index (χ3v) is 12.5. The monoisotopic (exact) mass is 685 g/mol. The standard InChI is InChI=1S/C49H35NOS/c1-31-20-21-32(22-23-33-24-25-34-13-10-28-50-47(34)44(31)33)35-26-27-42-41(30-35)45-40(18-9-19-43(45)52-42)36-11-8-12-37(29-36)46-48(51)49(46,38-14-4-2-5-15-38)39-16-6-3-7-17-39/h2-19,22-30,46H,20-21H2,1H3/b32-22+,33-23-,44-31-. The van der Waals surface area contributed by atoms with Crippen LogP contribution in [0.25, 0.3) is 59.4 Å². The average molecular weight is 686 g/mol. The van der Waals surface area contributed by atoms with Crippen molar-refractivity contribution in [3.05, 3.63) is 191 Å². The van der Waals surface area contributed by atoms with Gasteiger partial charge >= 0.3 is 0 Å². The Morgan fingerprint density at radius 3 is 2.27 bits per heavy atom. The molecule has 1 unspecified atom stereocenters. The highest BCUT2D eigenvalue weighted by molar-refractivity contribution is 7.25. The first-order valence-electron chi connectivity index (χ1n) is 18.1. The SMILES string of the molecule is C\C1=c2/c(ccc3cccnc23)=C\C=C(\c2ccc3sc4cccc(-c5cccc(C6C(=O)C6(c6ccccc6)c6ccccc6)c5)c4c3c2)CC1. The molecular formula is C49H35NOS. The van der Waals surface area contributed by atoms with Gasteiger partial charge in [-0.1, -0.05) is 139 Å². The summed E-state index contributed by atoms with van der Waals surface area (Å²) in [5.74, 6) is 0.0265. The summed E-state index contributed by atoms with van der Waals surface area (Å²) >= 11 is 1.85. The molecule has 2 aromatic heterocycles. The number of rotatable bonds is 5. The largest absolute Gasteiger partial charge is 0.298 e. The molecule has 0 aliphatic heterocycles. The van der Waals surface area contributed by atoms with E-state index in [1.165, 1.54) is 58.3 Å². The maximum atomic E-state index is 14.1. The number of ketones is 1. The van der Waals surface area contributed by atoms with E-state index in [-0.39, 0.29) is 11.7 Å². The summed E-state index contributed by atoms with van der Waals surface area (Å²) < 4.78 is 2.56. The molecule has 2 nitrogen and oxygen atoms in total. The number of thiophene rings is 1. The molecular weight excluding hydrogens is 651 g/mol. The van der Waals surface area contributed by atoms with E-state index < -0.39 is 5.41 Å². The zero-order valence-electron chi connectivity index (χ0n) is 28.8. The molecule has 1 fully saturated rings. The number of fused-ring (bicyclic) bond motifs is 6. The Hall–Kier alpha value is -5.90. The van der Waals surface area contributed by atoms with Crippen LogP contribution < -0.4 is 10.4 Å². The Morgan fingerprint density at radius 1 is 0.673 bits per heavy atom. The first kappa shape index (κ1) is 30.9. The van der Waals surface area contributed by atoms with Gasteiger partial charge in [-0.25, -0.2) is 0 Å². The summed E-state index contributed by atoms with van der Waals surface area (Å²) in [4.78, 5) is 18.9. The van der Waals surface area contributed by atoms with Crippen LogP contribution in [0.4, 0.5) is 0 Å². The van der Waals surface area contributed by atoms with E-state index in [1.54, 1.807) is 0 Å². The van der Waals surface area contributed by atoms with Crippen molar-refractivity contribution >= 4 is 65.4 Å². The molecule has 8 aromatic rings.